The average molecular weight is 386 g/mol. The normalized spacial score (nSPS) is 19.8. The molecular formula is C22H31N3O3. The van der Waals surface area contributed by atoms with Crippen LogP contribution in [0.25, 0.3) is 11.5 Å². The van der Waals surface area contributed by atoms with Crippen LogP contribution in [-0.4, -0.2) is 67.3 Å². The van der Waals surface area contributed by atoms with Crippen LogP contribution in [0.15, 0.2) is 34.9 Å². The van der Waals surface area contributed by atoms with E-state index in [1.54, 1.807) is 6.26 Å². The molecule has 2 aromatic rings. The van der Waals surface area contributed by atoms with Gasteiger partial charge in [0.2, 0.25) is 5.89 Å². The van der Waals surface area contributed by atoms with Gasteiger partial charge in [0.1, 0.15) is 12.0 Å². The molecule has 0 unspecified atom stereocenters. The summed E-state index contributed by atoms with van der Waals surface area (Å²) in [4.78, 5) is 9.75. The van der Waals surface area contributed by atoms with Crippen LogP contribution in [0.4, 0.5) is 0 Å². The van der Waals surface area contributed by atoms with Gasteiger partial charge < -0.3 is 13.9 Å². The molecule has 28 heavy (non-hydrogen) atoms. The third-order valence-corrected chi connectivity index (χ3v) is 5.68. The summed E-state index contributed by atoms with van der Waals surface area (Å²) in [5.41, 5.74) is 1.99. The molecule has 0 amide bonds. The smallest absolute Gasteiger partial charge is 0.226 e. The Balaban J connectivity index is 1.25. The van der Waals surface area contributed by atoms with E-state index in [2.05, 4.69) is 9.80 Å². The number of likely N-dealkylation sites (tertiary alicyclic amines) is 1. The molecule has 0 spiro atoms. The number of benzene rings is 1. The van der Waals surface area contributed by atoms with Crippen molar-refractivity contribution in [2.45, 2.75) is 26.3 Å². The third kappa shape index (κ3) is 5.13. The van der Waals surface area contributed by atoms with Crippen LogP contribution in [0.1, 0.15) is 25.5 Å². The second-order valence-electron chi connectivity index (χ2n) is 7.73. The van der Waals surface area contributed by atoms with E-state index in [0.717, 1.165) is 68.9 Å². The molecule has 152 valence electrons. The Kier molecular flexibility index (Phi) is 6.62. The summed E-state index contributed by atoms with van der Waals surface area (Å²) in [6.07, 6.45) is 4.33. The summed E-state index contributed by atoms with van der Waals surface area (Å²) in [5.74, 6) is 2.37. The largest absolute Gasteiger partial charge is 0.494 e. The van der Waals surface area contributed by atoms with Gasteiger partial charge in [-0.3, -0.25) is 9.80 Å². The van der Waals surface area contributed by atoms with Crippen molar-refractivity contribution >= 4 is 0 Å². The Hall–Kier alpha value is -1.89. The Morgan fingerprint density at radius 2 is 1.79 bits per heavy atom. The van der Waals surface area contributed by atoms with Crippen molar-refractivity contribution in [3.63, 3.8) is 0 Å². The van der Waals surface area contributed by atoms with E-state index in [9.17, 15) is 0 Å². The maximum Gasteiger partial charge on any atom is 0.226 e. The molecule has 0 bridgehead atoms. The number of oxazole rings is 1. The van der Waals surface area contributed by atoms with E-state index in [4.69, 9.17) is 18.9 Å². The number of ether oxygens (including phenoxy) is 2. The Morgan fingerprint density at radius 1 is 1.04 bits per heavy atom. The minimum absolute atomic E-state index is 0.672. The highest BCUT2D eigenvalue weighted by Gasteiger charge is 2.23. The minimum atomic E-state index is 0.672. The van der Waals surface area contributed by atoms with Gasteiger partial charge >= 0.3 is 0 Å². The molecular weight excluding hydrogens is 354 g/mol. The van der Waals surface area contributed by atoms with Crippen LogP contribution in [-0.2, 0) is 11.3 Å². The molecule has 0 saturated carbocycles. The van der Waals surface area contributed by atoms with Gasteiger partial charge in [-0.15, -0.1) is 0 Å². The molecule has 3 heterocycles. The zero-order valence-corrected chi connectivity index (χ0v) is 16.8. The SMILES string of the molecule is CCOc1ccc(-c2nc(CN3CCC(CN4CCOCC4)CC3)co2)cc1. The van der Waals surface area contributed by atoms with Crippen LogP contribution < -0.4 is 4.74 Å². The van der Waals surface area contributed by atoms with Gasteiger partial charge in [0.25, 0.3) is 0 Å². The lowest BCUT2D eigenvalue weighted by atomic mass is 9.96. The Labute approximate surface area is 167 Å². The summed E-state index contributed by atoms with van der Waals surface area (Å²) in [7, 11) is 0. The first-order valence-corrected chi connectivity index (χ1v) is 10.5. The number of nitrogens with zero attached hydrogens (tertiary/aromatic N) is 3. The van der Waals surface area contributed by atoms with Crippen LogP contribution >= 0.6 is 0 Å². The topological polar surface area (TPSA) is 51.0 Å². The summed E-state index contributed by atoms with van der Waals surface area (Å²) in [6, 6.07) is 7.92. The lowest BCUT2D eigenvalue weighted by Crippen LogP contribution is -2.42. The first kappa shape index (κ1) is 19.4. The van der Waals surface area contributed by atoms with E-state index in [0.29, 0.717) is 12.5 Å². The molecule has 4 rings (SSSR count). The van der Waals surface area contributed by atoms with Gasteiger partial charge in [-0.1, -0.05) is 0 Å². The maximum absolute atomic E-state index is 5.72. The fourth-order valence-electron chi connectivity index (χ4n) is 4.08. The van der Waals surface area contributed by atoms with E-state index in [-0.39, 0.29) is 0 Å². The number of morpholine rings is 1. The monoisotopic (exact) mass is 385 g/mol. The van der Waals surface area contributed by atoms with E-state index in [1.807, 2.05) is 31.2 Å². The van der Waals surface area contributed by atoms with Crippen molar-refractivity contribution in [1.29, 1.82) is 0 Å². The lowest BCUT2D eigenvalue weighted by Gasteiger charge is -2.35. The molecule has 0 aliphatic carbocycles. The molecule has 0 N–H and O–H groups in total. The summed E-state index contributed by atoms with van der Waals surface area (Å²) in [5, 5.41) is 0. The quantitative estimate of drug-likeness (QED) is 0.729. The molecule has 2 fully saturated rings. The zero-order chi connectivity index (χ0) is 19.2. The van der Waals surface area contributed by atoms with Crippen LogP contribution in [0, 0.1) is 5.92 Å². The molecule has 2 aliphatic heterocycles. The van der Waals surface area contributed by atoms with Gasteiger partial charge in [-0.2, -0.15) is 0 Å². The number of hydrogen-bond donors (Lipinski definition) is 0. The summed E-state index contributed by atoms with van der Waals surface area (Å²) in [6.45, 7) is 11.0. The molecule has 2 saturated heterocycles. The lowest BCUT2D eigenvalue weighted by molar-refractivity contribution is 0.0241. The van der Waals surface area contributed by atoms with Crippen molar-refractivity contribution in [2.24, 2.45) is 5.92 Å². The van der Waals surface area contributed by atoms with Gasteiger partial charge in [0.15, 0.2) is 0 Å². The van der Waals surface area contributed by atoms with Gasteiger partial charge in [-0.05, 0) is 63.0 Å². The average Bonchev–Trinajstić information content (AvgIpc) is 3.20. The fourth-order valence-corrected chi connectivity index (χ4v) is 4.08. The van der Waals surface area contributed by atoms with Crippen molar-refractivity contribution in [2.75, 3.05) is 52.5 Å². The molecule has 2 aliphatic rings. The van der Waals surface area contributed by atoms with Crippen molar-refractivity contribution < 1.29 is 13.9 Å². The second kappa shape index (κ2) is 9.54. The summed E-state index contributed by atoms with van der Waals surface area (Å²) >= 11 is 0. The number of rotatable bonds is 7. The standard InChI is InChI=1S/C22H31N3O3/c1-2-27-21-5-3-19(4-6-21)22-23-20(17-28-22)16-24-9-7-18(8-10-24)15-25-11-13-26-14-12-25/h3-6,17-18H,2,7-16H2,1H3. The van der Waals surface area contributed by atoms with Crippen molar-refractivity contribution in [1.82, 2.24) is 14.8 Å². The first-order valence-electron chi connectivity index (χ1n) is 10.5. The van der Waals surface area contributed by atoms with Crippen LogP contribution in [0.5, 0.6) is 5.75 Å². The van der Waals surface area contributed by atoms with Gasteiger partial charge in [-0.25, -0.2) is 4.98 Å². The maximum atomic E-state index is 5.72. The van der Waals surface area contributed by atoms with Crippen molar-refractivity contribution in [3.8, 4) is 17.2 Å². The first-order chi connectivity index (χ1) is 13.8. The second-order valence-corrected chi connectivity index (χ2v) is 7.73. The molecule has 6 heteroatoms. The predicted octanol–water partition coefficient (Wildman–Crippen LogP) is 3.28. The summed E-state index contributed by atoms with van der Waals surface area (Å²) < 4.78 is 16.7. The third-order valence-electron chi connectivity index (χ3n) is 5.68. The highest BCUT2D eigenvalue weighted by atomic mass is 16.5. The predicted molar refractivity (Wildman–Crippen MR) is 108 cm³/mol. The fraction of sp³-hybridized carbons (Fsp3) is 0.591. The molecule has 6 nitrogen and oxygen atoms in total. The van der Waals surface area contributed by atoms with Gasteiger partial charge in [0.05, 0.1) is 25.5 Å². The van der Waals surface area contributed by atoms with E-state index >= 15 is 0 Å². The molecule has 0 radical (unpaired) electrons. The number of aromatic nitrogens is 1. The Bertz CT molecular complexity index is 717. The molecule has 0 atom stereocenters. The van der Waals surface area contributed by atoms with Crippen molar-refractivity contribution in [3.05, 3.63) is 36.2 Å². The van der Waals surface area contributed by atoms with Crippen LogP contribution in [0.2, 0.25) is 0 Å². The molecule has 1 aromatic heterocycles. The van der Waals surface area contributed by atoms with Crippen LogP contribution in [0.3, 0.4) is 0 Å². The highest BCUT2D eigenvalue weighted by molar-refractivity contribution is 5.54. The van der Waals surface area contributed by atoms with E-state index < -0.39 is 0 Å². The van der Waals surface area contributed by atoms with E-state index in [1.165, 1.54) is 19.4 Å². The number of hydrogen-bond acceptors (Lipinski definition) is 6. The minimum Gasteiger partial charge on any atom is -0.494 e. The highest BCUT2D eigenvalue weighted by Crippen LogP contribution is 2.24. The Morgan fingerprint density at radius 3 is 2.50 bits per heavy atom. The number of piperidine rings is 1. The zero-order valence-electron chi connectivity index (χ0n) is 16.8. The molecule has 1 aromatic carbocycles. The van der Waals surface area contributed by atoms with Gasteiger partial charge in [0, 0.05) is 31.7 Å².